The molecule has 1 atom stereocenters. The van der Waals surface area contributed by atoms with E-state index < -0.39 is 0 Å². The number of nitrogens with zero attached hydrogens (tertiary/aromatic N) is 4. The number of carbonyl (C=O) groups is 2. The van der Waals surface area contributed by atoms with Gasteiger partial charge in [-0.15, -0.1) is 0 Å². The van der Waals surface area contributed by atoms with E-state index in [9.17, 15) is 9.59 Å². The lowest BCUT2D eigenvalue weighted by atomic mass is 9.77. The van der Waals surface area contributed by atoms with E-state index in [4.69, 9.17) is 0 Å². The molecule has 3 heterocycles. The lowest BCUT2D eigenvalue weighted by Crippen LogP contribution is -2.53. The summed E-state index contributed by atoms with van der Waals surface area (Å²) in [5.74, 6) is 1.89. The first-order valence-corrected chi connectivity index (χ1v) is 10.0. The summed E-state index contributed by atoms with van der Waals surface area (Å²) in [4.78, 5) is 34.2. The Hall–Kier alpha value is -1.92. The van der Waals surface area contributed by atoms with Crippen molar-refractivity contribution in [2.45, 2.75) is 70.8 Å². The quantitative estimate of drug-likeness (QED) is 0.889. The second kappa shape index (κ2) is 7.00. The van der Waals surface area contributed by atoms with Gasteiger partial charge in [0.05, 0.1) is 5.41 Å². The number of rotatable bonds is 4. The molecule has 2 saturated heterocycles. The van der Waals surface area contributed by atoms with Gasteiger partial charge < -0.3 is 9.80 Å². The molecule has 0 bridgehead atoms. The maximum absolute atomic E-state index is 13.3. The van der Waals surface area contributed by atoms with E-state index in [0.29, 0.717) is 43.7 Å². The number of amides is 2. The summed E-state index contributed by atoms with van der Waals surface area (Å²) in [6, 6.07) is 0.443. The van der Waals surface area contributed by atoms with Crippen molar-refractivity contribution in [1.82, 2.24) is 25.0 Å². The molecule has 7 heteroatoms. The highest BCUT2D eigenvalue weighted by atomic mass is 16.2. The van der Waals surface area contributed by atoms with Crippen molar-refractivity contribution in [3.63, 3.8) is 0 Å². The number of aryl methyl sites for hydroxylation is 2. The molecule has 1 saturated carbocycles. The molecule has 1 aromatic heterocycles. The number of carbonyl (C=O) groups excluding carboxylic acids is 2. The Kier molecular flexibility index (Phi) is 4.71. The standard InChI is InChI=1S/C19H29N5O2/c1-14-20-16(22-21-14)7-8-17(25)23-12-10-19(13-23)9-4-11-24(18(19)26)15-5-2-3-6-15/h15H,2-13H2,1H3,(H,20,21,22). The molecule has 3 fully saturated rings. The highest BCUT2D eigenvalue weighted by Gasteiger charge is 2.50. The number of H-pyrrole nitrogens is 1. The van der Waals surface area contributed by atoms with Gasteiger partial charge in [-0.1, -0.05) is 12.8 Å². The first kappa shape index (κ1) is 17.5. The third kappa shape index (κ3) is 3.23. The maximum Gasteiger partial charge on any atom is 0.230 e. The van der Waals surface area contributed by atoms with Crippen LogP contribution in [-0.4, -0.2) is 62.5 Å². The van der Waals surface area contributed by atoms with Crippen molar-refractivity contribution in [2.75, 3.05) is 19.6 Å². The van der Waals surface area contributed by atoms with Gasteiger partial charge in [-0.2, -0.15) is 5.10 Å². The van der Waals surface area contributed by atoms with Gasteiger partial charge >= 0.3 is 0 Å². The molecule has 1 spiro atoms. The zero-order chi connectivity index (χ0) is 18.1. The predicted molar refractivity (Wildman–Crippen MR) is 96.3 cm³/mol. The Morgan fingerprint density at radius 1 is 1.23 bits per heavy atom. The molecule has 1 unspecified atom stereocenters. The summed E-state index contributed by atoms with van der Waals surface area (Å²) in [5, 5.41) is 6.91. The van der Waals surface area contributed by atoms with Crippen LogP contribution in [0.3, 0.4) is 0 Å². The number of hydrogen-bond donors (Lipinski definition) is 1. The van der Waals surface area contributed by atoms with Gasteiger partial charge in [0.25, 0.3) is 0 Å². The lowest BCUT2D eigenvalue weighted by Gasteiger charge is -2.42. The first-order chi connectivity index (χ1) is 12.6. The first-order valence-electron chi connectivity index (χ1n) is 10.0. The van der Waals surface area contributed by atoms with E-state index in [2.05, 4.69) is 20.1 Å². The van der Waals surface area contributed by atoms with Crippen LogP contribution < -0.4 is 0 Å². The number of nitrogens with one attached hydrogen (secondary N) is 1. The average Bonchev–Trinajstić information content (AvgIpc) is 3.37. The van der Waals surface area contributed by atoms with E-state index >= 15 is 0 Å². The van der Waals surface area contributed by atoms with E-state index in [1.165, 1.54) is 12.8 Å². The van der Waals surface area contributed by atoms with Crippen LogP contribution in [0.4, 0.5) is 0 Å². The van der Waals surface area contributed by atoms with Crippen LogP contribution in [0.15, 0.2) is 0 Å². The summed E-state index contributed by atoms with van der Waals surface area (Å²) in [6.45, 7) is 4.06. The molecule has 26 heavy (non-hydrogen) atoms. The van der Waals surface area contributed by atoms with E-state index in [0.717, 1.165) is 44.5 Å². The second-order valence-electron chi connectivity index (χ2n) is 8.22. The highest BCUT2D eigenvalue weighted by molar-refractivity contribution is 5.86. The molecule has 2 aliphatic heterocycles. The molecule has 4 rings (SSSR count). The minimum absolute atomic E-state index is 0.120. The minimum atomic E-state index is -0.322. The topological polar surface area (TPSA) is 82.2 Å². The molecule has 7 nitrogen and oxygen atoms in total. The molecule has 1 N–H and O–H groups in total. The van der Waals surface area contributed by atoms with Gasteiger partial charge in [-0.05, 0) is 39.0 Å². The third-order valence-electron chi connectivity index (χ3n) is 6.45. The largest absolute Gasteiger partial charge is 0.342 e. The highest BCUT2D eigenvalue weighted by Crippen LogP contribution is 2.42. The number of hydrogen-bond acceptors (Lipinski definition) is 4. The van der Waals surface area contributed by atoms with Crippen LogP contribution in [0, 0.1) is 12.3 Å². The Labute approximate surface area is 154 Å². The number of piperidine rings is 1. The van der Waals surface area contributed by atoms with E-state index in [-0.39, 0.29) is 11.3 Å². The molecule has 2 amide bonds. The van der Waals surface area contributed by atoms with Gasteiger partial charge in [0.1, 0.15) is 5.82 Å². The van der Waals surface area contributed by atoms with Crippen LogP contribution in [0.1, 0.15) is 63.0 Å². The van der Waals surface area contributed by atoms with Crippen molar-refractivity contribution in [3.8, 4) is 0 Å². The van der Waals surface area contributed by atoms with Gasteiger partial charge in [-0.3, -0.25) is 14.7 Å². The van der Waals surface area contributed by atoms with E-state index in [1.807, 2.05) is 11.8 Å². The van der Waals surface area contributed by atoms with Crippen LogP contribution >= 0.6 is 0 Å². The monoisotopic (exact) mass is 359 g/mol. The maximum atomic E-state index is 13.3. The van der Waals surface area contributed by atoms with Crippen LogP contribution in [0.5, 0.6) is 0 Å². The smallest absolute Gasteiger partial charge is 0.230 e. The second-order valence-corrected chi connectivity index (χ2v) is 8.22. The summed E-state index contributed by atoms with van der Waals surface area (Å²) in [6.07, 6.45) is 8.57. The fourth-order valence-corrected chi connectivity index (χ4v) is 5.01. The average molecular weight is 359 g/mol. The van der Waals surface area contributed by atoms with Crippen LogP contribution in [0.2, 0.25) is 0 Å². The van der Waals surface area contributed by atoms with Gasteiger partial charge in [0.2, 0.25) is 11.8 Å². The van der Waals surface area contributed by atoms with Gasteiger partial charge in [0.15, 0.2) is 5.82 Å². The number of likely N-dealkylation sites (tertiary alicyclic amines) is 2. The number of aromatic amines is 1. The molecular weight excluding hydrogens is 330 g/mol. The van der Waals surface area contributed by atoms with Crippen molar-refractivity contribution in [2.24, 2.45) is 5.41 Å². The molecule has 1 aromatic rings. The van der Waals surface area contributed by atoms with Crippen molar-refractivity contribution >= 4 is 11.8 Å². The Morgan fingerprint density at radius 2 is 2.04 bits per heavy atom. The zero-order valence-electron chi connectivity index (χ0n) is 15.7. The zero-order valence-corrected chi connectivity index (χ0v) is 15.7. The summed E-state index contributed by atoms with van der Waals surface area (Å²) in [5.41, 5.74) is -0.322. The van der Waals surface area contributed by atoms with Gasteiger partial charge in [0, 0.05) is 38.5 Å². The summed E-state index contributed by atoms with van der Waals surface area (Å²) >= 11 is 0. The minimum Gasteiger partial charge on any atom is -0.342 e. The molecule has 3 aliphatic rings. The van der Waals surface area contributed by atoms with Crippen molar-refractivity contribution in [3.05, 3.63) is 11.6 Å². The summed E-state index contributed by atoms with van der Waals surface area (Å²) in [7, 11) is 0. The van der Waals surface area contributed by atoms with Crippen molar-refractivity contribution < 1.29 is 9.59 Å². The van der Waals surface area contributed by atoms with Crippen LogP contribution in [-0.2, 0) is 16.0 Å². The van der Waals surface area contributed by atoms with Gasteiger partial charge in [-0.25, -0.2) is 4.98 Å². The molecule has 0 radical (unpaired) electrons. The Morgan fingerprint density at radius 3 is 2.77 bits per heavy atom. The fourth-order valence-electron chi connectivity index (χ4n) is 5.01. The number of aromatic nitrogens is 3. The molecule has 0 aromatic carbocycles. The molecular formula is C19H29N5O2. The predicted octanol–water partition coefficient (Wildman–Crippen LogP) is 1.83. The fraction of sp³-hybridized carbons (Fsp3) is 0.789. The molecule has 142 valence electrons. The molecule has 1 aliphatic carbocycles. The van der Waals surface area contributed by atoms with E-state index in [1.54, 1.807) is 0 Å². The SMILES string of the molecule is Cc1nc(CCC(=O)N2CCC3(CCCN(C4CCCC4)C3=O)C2)n[nH]1. The Bertz CT molecular complexity index is 681. The third-order valence-corrected chi connectivity index (χ3v) is 6.45. The normalized spacial score (nSPS) is 27.0. The van der Waals surface area contributed by atoms with Crippen LogP contribution in [0.25, 0.3) is 0 Å². The van der Waals surface area contributed by atoms with Crippen molar-refractivity contribution in [1.29, 1.82) is 0 Å². The summed E-state index contributed by atoms with van der Waals surface area (Å²) < 4.78 is 0. The Balaban J connectivity index is 1.37. The lowest BCUT2D eigenvalue weighted by molar-refractivity contribution is -0.148.